The van der Waals surface area contributed by atoms with Crippen LogP contribution in [0.2, 0.25) is 0 Å². The summed E-state index contributed by atoms with van der Waals surface area (Å²) in [5.74, 6) is -2.71. The molecule has 1 spiro atoms. The fraction of sp³-hybridized carbons (Fsp3) is 0.455. The number of ether oxygens (including phenoxy) is 1. The monoisotopic (exact) mass is 470 g/mol. The summed E-state index contributed by atoms with van der Waals surface area (Å²) in [6.45, 7) is 3.71. The average molecular weight is 471 g/mol. The van der Waals surface area contributed by atoms with Crippen LogP contribution in [0.25, 0.3) is 0 Å². The van der Waals surface area contributed by atoms with Crippen LogP contribution >= 0.6 is 11.3 Å². The van der Waals surface area contributed by atoms with Gasteiger partial charge in [0.05, 0.1) is 5.60 Å². The molecule has 32 heavy (non-hydrogen) atoms. The number of benzene rings is 1. The molecule has 0 saturated carbocycles. The van der Waals surface area contributed by atoms with E-state index in [4.69, 9.17) is 14.6 Å². The Bertz CT molecular complexity index is 892. The number of alkyl halides is 3. The van der Waals surface area contributed by atoms with Gasteiger partial charge >= 0.3 is 12.1 Å². The number of nitrogens with one attached hydrogen (secondary N) is 1. The number of aliphatic carboxylic acids is 1. The Labute approximate surface area is 188 Å². The molecule has 2 aliphatic heterocycles. The first-order chi connectivity index (χ1) is 15.2. The number of carboxylic acids is 1. The second-order valence-corrected chi connectivity index (χ2v) is 8.74. The van der Waals surface area contributed by atoms with E-state index >= 15 is 0 Å². The van der Waals surface area contributed by atoms with Crippen LogP contribution in [0.4, 0.5) is 13.2 Å². The van der Waals surface area contributed by atoms with Gasteiger partial charge in [-0.15, -0.1) is 0 Å². The molecule has 2 atom stereocenters. The van der Waals surface area contributed by atoms with E-state index in [-0.39, 0.29) is 17.6 Å². The van der Waals surface area contributed by atoms with Gasteiger partial charge in [-0.2, -0.15) is 24.5 Å². The van der Waals surface area contributed by atoms with Crippen LogP contribution in [0, 0.1) is 0 Å². The zero-order chi connectivity index (χ0) is 23.2. The van der Waals surface area contributed by atoms with Gasteiger partial charge in [-0.1, -0.05) is 30.3 Å². The number of likely N-dealkylation sites (tertiary alicyclic amines) is 1. The third kappa shape index (κ3) is 6.78. The first kappa shape index (κ1) is 24.2. The zero-order valence-electron chi connectivity index (χ0n) is 17.3. The molecule has 10 heteroatoms. The molecule has 1 amide bonds. The van der Waals surface area contributed by atoms with E-state index in [1.54, 1.807) is 11.3 Å². The fourth-order valence-corrected chi connectivity index (χ4v) is 4.64. The van der Waals surface area contributed by atoms with Crippen LogP contribution in [0.3, 0.4) is 0 Å². The van der Waals surface area contributed by atoms with Crippen molar-refractivity contribution in [1.82, 2.24) is 10.2 Å². The van der Waals surface area contributed by atoms with Crippen LogP contribution in [-0.4, -0.2) is 59.4 Å². The van der Waals surface area contributed by atoms with Gasteiger partial charge in [0.1, 0.15) is 0 Å². The van der Waals surface area contributed by atoms with E-state index in [9.17, 15) is 18.0 Å². The van der Waals surface area contributed by atoms with Crippen LogP contribution in [-0.2, 0) is 16.1 Å². The van der Waals surface area contributed by atoms with E-state index in [0.29, 0.717) is 0 Å². The normalized spacial score (nSPS) is 23.4. The maximum Gasteiger partial charge on any atom is 0.490 e. The van der Waals surface area contributed by atoms with E-state index in [1.165, 1.54) is 5.56 Å². The minimum absolute atomic E-state index is 0.0439. The molecule has 3 heterocycles. The maximum absolute atomic E-state index is 12.3. The molecule has 0 radical (unpaired) electrons. The van der Waals surface area contributed by atoms with Gasteiger partial charge in [0.25, 0.3) is 5.91 Å². The highest BCUT2D eigenvalue weighted by Crippen LogP contribution is 2.35. The van der Waals surface area contributed by atoms with Crippen molar-refractivity contribution in [3.63, 3.8) is 0 Å². The van der Waals surface area contributed by atoms with Crippen molar-refractivity contribution < 1.29 is 32.6 Å². The smallest absolute Gasteiger partial charge is 0.475 e. The molecule has 6 nitrogen and oxygen atoms in total. The molecule has 2 N–H and O–H groups in total. The SMILES string of the molecule is O=C(N[C@H]1CCO[C@]2(CCN(Cc3ccccc3)C2)C1)c1ccsc1.O=C(O)C(F)(F)F. The largest absolute Gasteiger partial charge is 0.490 e. The molecule has 1 aromatic carbocycles. The molecule has 0 bridgehead atoms. The summed E-state index contributed by atoms with van der Waals surface area (Å²) in [6, 6.07) is 12.7. The molecular formula is C22H25F3N2O4S. The van der Waals surface area contributed by atoms with Crippen molar-refractivity contribution in [2.24, 2.45) is 0 Å². The van der Waals surface area contributed by atoms with E-state index in [2.05, 4.69) is 40.5 Å². The lowest BCUT2D eigenvalue weighted by Gasteiger charge is -2.38. The van der Waals surface area contributed by atoms with E-state index < -0.39 is 12.1 Å². The maximum atomic E-state index is 12.3. The Morgan fingerprint density at radius 2 is 1.97 bits per heavy atom. The number of nitrogens with zero attached hydrogens (tertiary/aromatic N) is 1. The highest BCUT2D eigenvalue weighted by Gasteiger charge is 2.43. The Morgan fingerprint density at radius 1 is 1.25 bits per heavy atom. The summed E-state index contributed by atoms with van der Waals surface area (Å²) in [4.78, 5) is 23.7. The van der Waals surface area contributed by atoms with Crippen LogP contribution < -0.4 is 5.32 Å². The van der Waals surface area contributed by atoms with E-state index in [0.717, 1.165) is 51.1 Å². The number of thiophene rings is 1. The predicted molar refractivity (Wildman–Crippen MR) is 114 cm³/mol. The van der Waals surface area contributed by atoms with Gasteiger partial charge in [0.15, 0.2) is 0 Å². The van der Waals surface area contributed by atoms with Crippen molar-refractivity contribution >= 4 is 23.2 Å². The first-order valence-corrected chi connectivity index (χ1v) is 11.1. The highest BCUT2D eigenvalue weighted by atomic mass is 32.1. The quantitative estimate of drug-likeness (QED) is 0.708. The first-order valence-electron chi connectivity index (χ1n) is 10.2. The third-order valence-corrected chi connectivity index (χ3v) is 6.18. The van der Waals surface area contributed by atoms with Crippen molar-refractivity contribution in [3.8, 4) is 0 Å². The molecule has 2 saturated heterocycles. The van der Waals surface area contributed by atoms with Gasteiger partial charge in [0.2, 0.25) is 0 Å². The summed E-state index contributed by atoms with van der Waals surface area (Å²) in [5.41, 5.74) is 2.01. The van der Waals surface area contributed by atoms with Crippen LogP contribution in [0.5, 0.6) is 0 Å². The van der Waals surface area contributed by atoms with Crippen molar-refractivity contribution in [3.05, 3.63) is 58.3 Å². The molecule has 2 aliphatic rings. The third-order valence-electron chi connectivity index (χ3n) is 5.50. The number of hydrogen-bond donors (Lipinski definition) is 2. The van der Waals surface area contributed by atoms with Gasteiger partial charge in [-0.05, 0) is 36.3 Å². The summed E-state index contributed by atoms with van der Waals surface area (Å²) in [6.07, 6.45) is -2.23. The molecule has 0 aliphatic carbocycles. The van der Waals surface area contributed by atoms with Gasteiger partial charge in [-0.3, -0.25) is 9.69 Å². The Hall–Kier alpha value is -2.43. The Morgan fingerprint density at radius 3 is 2.59 bits per heavy atom. The Kier molecular flexibility index (Phi) is 7.91. The number of amides is 1. The van der Waals surface area contributed by atoms with Gasteiger partial charge < -0.3 is 15.2 Å². The second kappa shape index (κ2) is 10.5. The van der Waals surface area contributed by atoms with Crippen LogP contribution in [0.15, 0.2) is 47.2 Å². The summed E-state index contributed by atoms with van der Waals surface area (Å²) >= 11 is 1.56. The number of carbonyl (C=O) groups excluding carboxylic acids is 1. The molecule has 174 valence electrons. The van der Waals surface area contributed by atoms with E-state index in [1.807, 2.05) is 16.8 Å². The van der Waals surface area contributed by atoms with Crippen molar-refractivity contribution in [2.75, 3.05) is 19.7 Å². The number of hydrogen-bond acceptors (Lipinski definition) is 5. The molecular weight excluding hydrogens is 445 g/mol. The number of rotatable bonds is 4. The van der Waals surface area contributed by atoms with Crippen molar-refractivity contribution in [2.45, 2.75) is 43.6 Å². The second-order valence-electron chi connectivity index (χ2n) is 7.96. The predicted octanol–water partition coefficient (Wildman–Crippen LogP) is 3.93. The minimum Gasteiger partial charge on any atom is -0.475 e. The molecule has 4 rings (SSSR count). The van der Waals surface area contributed by atoms with Crippen molar-refractivity contribution in [1.29, 1.82) is 0 Å². The van der Waals surface area contributed by atoms with Crippen LogP contribution in [0.1, 0.15) is 35.2 Å². The molecule has 2 aromatic rings. The topological polar surface area (TPSA) is 78.9 Å². The summed E-state index contributed by atoms with van der Waals surface area (Å²) < 4.78 is 37.9. The lowest BCUT2D eigenvalue weighted by Crippen LogP contribution is -2.49. The molecule has 0 unspecified atom stereocenters. The van der Waals surface area contributed by atoms with Gasteiger partial charge in [-0.25, -0.2) is 4.79 Å². The van der Waals surface area contributed by atoms with Gasteiger partial charge in [0, 0.05) is 43.2 Å². The summed E-state index contributed by atoms with van der Waals surface area (Å²) in [5, 5.41) is 14.2. The fourth-order valence-electron chi connectivity index (χ4n) is 4.00. The lowest BCUT2D eigenvalue weighted by atomic mass is 9.89. The molecule has 1 aromatic heterocycles. The number of halogens is 3. The number of carboxylic acid groups (broad SMARTS) is 1. The summed E-state index contributed by atoms with van der Waals surface area (Å²) in [7, 11) is 0. The zero-order valence-corrected chi connectivity index (χ0v) is 18.1. The Balaban J connectivity index is 0.000000360. The average Bonchev–Trinajstić information content (AvgIpc) is 3.40. The lowest BCUT2D eigenvalue weighted by molar-refractivity contribution is -0.192. The highest BCUT2D eigenvalue weighted by molar-refractivity contribution is 7.08. The number of carbonyl (C=O) groups is 2. The minimum atomic E-state index is -5.08. The molecule has 2 fully saturated rings. The standard InChI is InChI=1S/C20H24N2O2S.C2HF3O2/c23-19(17-7-11-25-14-17)21-18-6-10-24-20(12-18)8-9-22(15-20)13-16-4-2-1-3-5-16;3-2(4,5)1(6)7/h1-5,7,11,14,18H,6,8-10,12-13,15H2,(H,21,23);(H,6,7)/t18-,20+;/m0./s1.